The van der Waals surface area contributed by atoms with Crippen LogP contribution < -0.4 is 10.5 Å². The minimum absolute atomic E-state index is 0.0183. The molecule has 0 radical (unpaired) electrons. The highest BCUT2D eigenvalue weighted by Gasteiger charge is 2.37. The molecule has 4 amide bonds. The quantitative estimate of drug-likeness (QED) is 0.595. The number of likely N-dealkylation sites (N-methyl/N-ethyl adjacent to an activating group) is 2. The topological polar surface area (TPSA) is 116 Å². The molecule has 0 spiro atoms. The Bertz CT molecular complexity index is 1030. The average Bonchev–Trinajstić information content (AvgIpc) is 3.51. The fourth-order valence-corrected chi connectivity index (χ4v) is 5.19. The van der Waals surface area contributed by atoms with Crippen LogP contribution in [0, 0.1) is 5.82 Å². The predicted octanol–water partition coefficient (Wildman–Crippen LogP) is 0.448. The van der Waals surface area contributed by atoms with Gasteiger partial charge in [-0.05, 0) is 43.9 Å². The fraction of sp³-hybridized carbons (Fsp3) is 0.600. The van der Waals surface area contributed by atoms with Crippen molar-refractivity contribution in [3.05, 3.63) is 29.6 Å². The summed E-state index contributed by atoms with van der Waals surface area (Å²) >= 11 is 0. The van der Waals surface area contributed by atoms with Gasteiger partial charge in [0, 0.05) is 46.2 Å². The van der Waals surface area contributed by atoms with Crippen LogP contribution in [0.3, 0.4) is 0 Å². The van der Waals surface area contributed by atoms with Gasteiger partial charge in [-0.3, -0.25) is 19.2 Å². The van der Waals surface area contributed by atoms with Gasteiger partial charge < -0.3 is 30.1 Å². The summed E-state index contributed by atoms with van der Waals surface area (Å²) in [6.07, 6.45) is 2.31. The lowest BCUT2D eigenvalue weighted by Gasteiger charge is -2.31. The molecule has 0 aromatic heterocycles. The predicted molar refractivity (Wildman–Crippen MR) is 129 cm³/mol. The van der Waals surface area contributed by atoms with Crippen LogP contribution in [0.4, 0.5) is 4.39 Å². The van der Waals surface area contributed by atoms with E-state index in [1.165, 1.54) is 29.0 Å². The second-order valence-electron chi connectivity index (χ2n) is 9.90. The van der Waals surface area contributed by atoms with Crippen LogP contribution in [0.25, 0.3) is 0 Å². The van der Waals surface area contributed by atoms with Gasteiger partial charge in [0.2, 0.25) is 17.7 Å². The third-order valence-electron chi connectivity index (χ3n) is 7.29. The second kappa shape index (κ2) is 10.8. The molecule has 1 aromatic carbocycles. The van der Waals surface area contributed by atoms with Gasteiger partial charge in [-0.15, -0.1) is 0 Å². The van der Waals surface area contributed by atoms with Crippen LogP contribution in [0.15, 0.2) is 18.2 Å². The summed E-state index contributed by atoms with van der Waals surface area (Å²) in [4.78, 5) is 58.8. The van der Waals surface area contributed by atoms with E-state index in [0.29, 0.717) is 26.1 Å². The van der Waals surface area contributed by atoms with E-state index in [2.05, 4.69) is 0 Å². The number of carbonyl (C=O) groups is 4. The number of ether oxygens (including phenoxy) is 1. The largest absolute Gasteiger partial charge is 0.491 e. The van der Waals surface area contributed by atoms with Crippen molar-refractivity contribution < 1.29 is 28.3 Å². The van der Waals surface area contributed by atoms with E-state index >= 15 is 0 Å². The molecule has 36 heavy (non-hydrogen) atoms. The molecule has 0 aliphatic carbocycles. The third-order valence-corrected chi connectivity index (χ3v) is 7.29. The first-order chi connectivity index (χ1) is 17.2. The average molecular weight is 504 g/mol. The maximum Gasteiger partial charge on any atom is 0.258 e. The number of amides is 4. The summed E-state index contributed by atoms with van der Waals surface area (Å²) in [6, 6.07) is 2.17. The molecule has 2 fully saturated rings. The number of hydrogen-bond acceptors (Lipinski definition) is 6. The zero-order valence-electron chi connectivity index (χ0n) is 20.8. The van der Waals surface area contributed by atoms with Crippen molar-refractivity contribution >= 4 is 23.6 Å². The minimum atomic E-state index is -0.911. The molecule has 3 heterocycles. The van der Waals surface area contributed by atoms with Crippen molar-refractivity contribution in [3.8, 4) is 5.75 Å². The summed E-state index contributed by atoms with van der Waals surface area (Å²) < 4.78 is 20.2. The lowest BCUT2D eigenvalue weighted by atomic mass is 10.1. The van der Waals surface area contributed by atoms with Crippen LogP contribution >= 0.6 is 0 Å². The van der Waals surface area contributed by atoms with Gasteiger partial charge in [0.25, 0.3) is 5.91 Å². The van der Waals surface area contributed by atoms with Crippen molar-refractivity contribution in [3.63, 3.8) is 0 Å². The Hall–Kier alpha value is -3.21. The molecule has 3 aliphatic heterocycles. The fourth-order valence-electron chi connectivity index (χ4n) is 5.19. The number of rotatable bonds is 1. The van der Waals surface area contributed by atoms with Gasteiger partial charge in [-0.25, -0.2) is 4.39 Å². The Morgan fingerprint density at radius 2 is 1.83 bits per heavy atom. The Labute approximate surface area is 210 Å². The van der Waals surface area contributed by atoms with Crippen molar-refractivity contribution in [2.24, 2.45) is 5.73 Å². The standard InChI is InChI=1S/C25H34FN5O5/c1-28-14-23(33)31-13-17(27)12-18(31)15-36-21-7-5-16(26)11-19(21)24(34)29(2)20(6-8-22(28)32)25(35)30-9-3-4-10-30/h5,7,11,17-18,20H,3-4,6,8-10,12-15,27H2,1-2H3/t17-,18+,20+/m1/s1. The maximum absolute atomic E-state index is 14.2. The Morgan fingerprint density at radius 3 is 2.56 bits per heavy atom. The number of hydrogen-bond donors (Lipinski definition) is 1. The molecule has 10 nitrogen and oxygen atoms in total. The van der Waals surface area contributed by atoms with Crippen LogP contribution in [0.1, 0.15) is 42.5 Å². The summed E-state index contributed by atoms with van der Waals surface area (Å²) in [5.41, 5.74) is 6.09. The second-order valence-corrected chi connectivity index (χ2v) is 9.90. The number of likely N-dealkylation sites (tertiary alicyclic amines) is 1. The van der Waals surface area contributed by atoms with Gasteiger partial charge in [0.1, 0.15) is 24.2 Å². The smallest absolute Gasteiger partial charge is 0.258 e. The highest BCUT2D eigenvalue weighted by molar-refractivity contribution is 5.99. The Kier molecular flexibility index (Phi) is 7.77. The third kappa shape index (κ3) is 5.45. The van der Waals surface area contributed by atoms with Crippen LogP contribution in [0.2, 0.25) is 0 Å². The monoisotopic (exact) mass is 503 g/mol. The van der Waals surface area contributed by atoms with E-state index in [1.807, 2.05) is 0 Å². The summed E-state index contributed by atoms with van der Waals surface area (Å²) in [5, 5.41) is 0. The van der Waals surface area contributed by atoms with Gasteiger partial charge in [0.15, 0.2) is 0 Å². The van der Waals surface area contributed by atoms with Crippen LogP contribution in [0.5, 0.6) is 5.75 Å². The normalized spacial score (nSPS) is 26.3. The molecular weight excluding hydrogens is 469 g/mol. The van der Waals surface area contributed by atoms with E-state index in [9.17, 15) is 23.6 Å². The van der Waals surface area contributed by atoms with E-state index in [4.69, 9.17) is 10.5 Å². The van der Waals surface area contributed by atoms with Crippen LogP contribution in [-0.4, -0.2) is 108 Å². The highest BCUT2D eigenvalue weighted by atomic mass is 19.1. The molecule has 0 unspecified atom stereocenters. The van der Waals surface area contributed by atoms with Gasteiger partial charge in [-0.1, -0.05) is 0 Å². The maximum atomic E-state index is 14.2. The lowest BCUT2D eigenvalue weighted by Crippen LogP contribution is -2.49. The van der Waals surface area contributed by atoms with Crippen molar-refractivity contribution in [2.45, 2.75) is 50.2 Å². The molecule has 0 bridgehead atoms. The summed E-state index contributed by atoms with van der Waals surface area (Å²) in [7, 11) is 3.04. The van der Waals surface area contributed by atoms with Crippen molar-refractivity contribution in [2.75, 3.05) is 46.9 Å². The zero-order valence-corrected chi connectivity index (χ0v) is 20.8. The number of benzene rings is 1. The van der Waals surface area contributed by atoms with Gasteiger partial charge in [0.05, 0.1) is 18.2 Å². The van der Waals surface area contributed by atoms with Crippen molar-refractivity contribution in [1.29, 1.82) is 0 Å². The van der Waals surface area contributed by atoms with E-state index in [-0.39, 0.29) is 67.1 Å². The first-order valence-corrected chi connectivity index (χ1v) is 12.4. The number of carbonyl (C=O) groups excluding carboxylic acids is 4. The molecule has 4 rings (SSSR count). The van der Waals surface area contributed by atoms with Gasteiger partial charge >= 0.3 is 0 Å². The van der Waals surface area contributed by atoms with Gasteiger partial charge in [-0.2, -0.15) is 0 Å². The zero-order chi connectivity index (χ0) is 26.0. The molecule has 0 saturated carbocycles. The SMILES string of the molecule is CN1CC(=O)N2C[C@H](N)C[C@H]2COc2ccc(F)cc2C(=O)N(C)[C@H](C(=O)N2CCCC2)CCC1=O. The highest BCUT2D eigenvalue weighted by Crippen LogP contribution is 2.26. The first-order valence-electron chi connectivity index (χ1n) is 12.4. The Balaban J connectivity index is 1.68. The number of halogens is 1. The molecule has 196 valence electrons. The van der Waals surface area contributed by atoms with Crippen molar-refractivity contribution in [1.82, 2.24) is 19.6 Å². The van der Waals surface area contributed by atoms with E-state index < -0.39 is 17.8 Å². The number of nitrogens with two attached hydrogens (primary N) is 1. The first kappa shape index (κ1) is 25.9. The molecule has 2 saturated heterocycles. The minimum Gasteiger partial charge on any atom is -0.491 e. The van der Waals surface area contributed by atoms with E-state index in [0.717, 1.165) is 18.9 Å². The molecular formula is C25H34FN5O5. The molecule has 1 aromatic rings. The molecule has 3 aliphatic rings. The molecule has 2 N–H and O–H groups in total. The summed E-state index contributed by atoms with van der Waals surface area (Å²) in [5.74, 6) is -1.82. The van der Waals surface area contributed by atoms with Crippen LogP contribution in [-0.2, 0) is 14.4 Å². The molecule has 11 heteroatoms. The Morgan fingerprint density at radius 1 is 1.11 bits per heavy atom. The molecule has 3 atom stereocenters. The number of fused-ring (bicyclic) bond motifs is 2. The number of nitrogens with zero attached hydrogens (tertiary/aromatic N) is 4. The van der Waals surface area contributed by atoms with E-state index in [1.54, 1.807) is 16.8 Å². The summed E-state index contributed by atoms with van der Waals surface area (Å²) in [6.45, 7) is 1.45. The lowest BCUT2D eigenvalue weighted by molar-refractivity contribution is -0.141.